The van der Waals surface area contributed by atoms with Gasteiger partial charge in [0.1, 0.15) is 11.5 Å². The van der Waals surface area contributed by atoms with Crippen LogP contribution in [0.4, 0.5) is 0 Å². The van der Waals surface area contributed by atoms with Crippen molar-refractivity contribution in [3.8, 4) is 0 Å². The standard InChI is InChI=1S/C22H28N4O4/c1-16-5-6-20(30-16)19(25-8-10-29-11-9-25)13-24-22(28)17-12-21(27)26(14-17)15-18-4-2-3-7-23-18/h2-7,17,19H,8-15H2,1H3,(H,24,28). The molecule has 2 atom stereocenters. The van der Waals surface area contributed by atoms with Crippen LogP contribution in [-0.4, -0.2) is 66.0 Å². The lowest BCUT2D eigenvalue weighted by Crippen LogP contribution is -2.44. The first kappa shape index (κ1) is 20.6. The number of hydrogen-bond acceptors (Lipinski definition) is 6. The molecule has 2 aliphatic rings. The second kappa shape index (κ2) is 9.40. The molecule has 1 N–H and O–H groups in total. The number of nitrogens with zero attached hydrogens (tertiary/aromatic N) is 3. The predicted octanol–water partition coefficient (Wildman–Crippen LogP) is 1.52. The van der Waals surface area contributed by atoms with Crippen LogP contribution < -0.4 is 5.32 Å². The summed E-state index contributed by atoms with van der Waals surface area (Å²) in [6.07, 6.45) is 1.95. The molecule has 4 rings (SSSR count). The molecule has 2 amide bonds. The summed E-state index contributed by atoms with van der Waals surface area (Å²) in [5.74, 6) is 1.25. The first-order valence-electron chi connectivity index (χ1n) is 10.4. The SMILES string of the molecule is Cc1ccc(C(CNC(=O)C2CC(=O)N(Cc3ccccn3)C2)N2CCOCC2)o1. The van der Waals surface area contributed by atoms with Crippen molar-refractivity contribution in [3.05, 3.63) is 53.7 Å². The maximum absolute atomic E-state index is 12.8. The first-order chi connectivity index (χ1) is 14.6. The summed E-state index contributed by atoms with van der Waals surface area (Å²) in [6.45, 7) is 6.14. The zero-order valence-corrected chi connectivity index (χ0v) is 17.3. The Hall–Kier alpha value is -2.71. The monoisotopic (exact) mass is 412 g/mol. The fourth-order valence-corrected chi connectivity index (χ4v) is 4.06. The van der Waals surface area contributed by atoms with Gasteiger partial charge in [-0.3, -0.25) is 19.5 Å². The number of carbonyl (C=O) groups excluding carboxylic acids is 2. The molecule has 2 aromatic heterocycles. The van der Waals surface area contributed by atoms with Crippen molar-refractivity contribution in [1.29, 1.82) is 0 Å². The molecule has 0 bridgehead atoms. The zero-order chi connectivity index (χ0) is 20.9. The van der Waals surface area contributed by atoms with Gasteiger partial charge in [-0.2, -0.15) is 0 Å². The minimum Gasteiger partial charge on any atom is -0.465 e. The van der Waals surface area contributed by atoms with Gasteiger partial charge in [0, 0.05) is 38.8 Å². The maximum Gasteiger partial charge on any atom is 0.225 e. The van der Waals surface area contributed by atoms with E-state index in [1.807, 2.05) is 37.3 Å². The van der Waals surface area contributed by atoms with E-state index < -0.39 is 0 Å². The highest BCUT2D eigenvalue weighted by molar-refractivity contribution is 5.89. The Bertz CT molecular complexity index is 863. The van der Waals surface area contributed by atoms with E-state index in [0.29, 0.717) is 32.8 Å². The maximum atomic E-state index is 12.8. The lowest BCUT2D eigenvalue weighted by Gasteiger charge is -2.33. The number of aromatic nitrogens is 1. The zero-order valence-electron chi connectivity index (χ0n) is 17.3. The Kier molecular flexibility index (Phi) is 6.44. The molecule has 0 aromatic carbocycles. The average Bonchev–Trinajstić information content (AvgIpc) is 3.35. The summed E-state index contributed by atoms with van der Waals surface area (Å²) in [5.41, 5.74) is 0.826. The van der Waals surface area contributed by atoms with Crippen LogP contribution in [-0.2, 0) is 20.9 Å². The lowest BCUT2D eigenvalue weighted by atomic mass is 10.1. The van der Waals surface area contributed by atoms with E-state index in [1.165, 1.54) is 0 Å². The van der Waals surface area contributed by atoms with Gasteiger partial charge in [-0.05, 0) is 31.2 Å². The van der Waals surface area contributed by atoms with Crippen molar-refractivity contribution < 1.29 is 18.7 Å². The number of hydrogen-bond donors (Lipinski definition) is 1. The van der Waals surface area contributed by atoms with E-state index in [-0.39, 0.29) is 30.2 Å². The van der Waals surface area contributed by atoms with Crippen molar-refractivity contribution in [1.82, 2.24) is 20.1 Å². The predicted molar refractivity (Wildman–Crippen MR) is 109 cm³/mol. The van der Waals surface area contributed by atoms with Crippen LogP contribution in [0.3, 0.4) is 0 Å². The van der Waals surface area contributed by atoms with Gasteiger partial charge in [-0.15, -0.1) is 0 Å². The van der Waals surface area contributed by atoms with Crippen LogP contribution in [0.1, 0.15) is 29.7 Å². The third kappa shape index (κ3) is 4.88. The summed E-state index contributed by atoms with van der Waals surface area (Å²) in [7, 11) is 0. The van der Waals surface area contributed by atoms with Gasteiger partial charge in [0.25, 0.3) is 0 Å². The molecular weight excluding hydrogens is 384 g/mol. The summed E-state index contributed by atoms with van der Waals surface area (Å²) >= 11 is 0. The van der Waals surface area contributed by atoms with Crippen LogP contribution in [0.2, 0.25) is 0 Å². The molecule has 0 saturated carbocycles. The Labute approximate surface area is 176 Å². The molecule has 2 fully saturated rings. The minimum absolute atomic E-state index is 0.00723. The summed E-state index contributed by atoms with van der Waals surface area (Å²) < 4.78 is 11.3. The van der Waals surface area contributed by atoms with Gasteiger partial charge < -0.3 is 19.4 Å². The number of likely N-dealkylation sites (tertiary alicyclic amines) is 1. The molecule has 30 heavy (non-hydrogen) atoms. The van der Waals surface area contributed by atoms with E-state index in [9.17, 15) is 9.59 Å². The Morgan fingerprint density at radius 3 is 2.80 bits per heavy atom. The van der Waals surface area contributed by atoms with Gasteiger partial charge in [0.15, 0.2) is 0 Å². The Morgan fingerprint density at radius 2 is 2.10 bits per heavy atom. The fraction of sp³-hybridized carbons (Fsp3) is 0.500. The molecule has 160 valence electrons. The van der Waals surface area contributed by atoms with Crippen molar-refractivity contribution in [2.75, 3.05) is 39.4 Å². The van der Waals surface area contributed by atoms with Crippen LogP contribution in [0.5, 0.6) is 0 Å². The second-order valence-electron chi connectivity index (χ2n) is 7.85. The fourth-order valence-electron chi connectivity index (χ4n) is 4.06. The summed E-state index contributed by atoms with van der Waals surface area (Å²) in [6, 6.07) is 9.49. The molecule has 0 aliphatic carbocycles. The number of rotatable bonds is 7. The number of ether oxygens (including phenoxy) is 1. The molecule has 2 aromatic rings. The number of morpholine rings is 1. The molecule has 0 spiro atoms. The highest BCUT2D eigenvalue weighted by atomic mass is 16.5. The van der Waals surface area contributed by atoms with E-state index >= 15 is 0 Å². The molecule has 4 heterocycles. The van der Waals surface area contributed by atoms with Crippen molar-refractivity contribution in [2.45, 2.75) is 25.9 Å². The largest absolute Gasteiger partial charge is 0.465 e. The minimum atomic E-state index is -0.343. The molecule has 8 heteroatoms. The number of pyridine rings is 1. The molecule has 8 nitrogen and oxygen atoms in total. The first-order valence-corrected chi connectivity index (χ1v) is 10.4. The van der Waals surface area contributed by atoms with Crippen molar-refractivity contribution in [3.63, 3.8) is 0 Å². The van der Waals surface area contributed by atoms with E-state index in [4.69, 9.17) is 9.15 Å². The topological polar surface area (TPSA) is 87.9 Å². The Morgan fingerprint density at radius 1 is 1.27 bits per heavy atom. The number of aryl methyl sites for hydroxylation is 1. The smallest absolute Gasteiger partial charge is 0.225 e. The highest BCUT2D eigenvalue weighted by Crippen LogP contribution is 2.24. The van der Waals surface area contributed by atoms with Gasteiger partial charge >= 0.3 is 0 Å². The van der Waals surface area contributed by atoms with Crippen LogP contribution in [0.15, 0.2) is 40.9 Å². The number of nitrogens with one attached hydrogen (secondary N) is 1. The third-order valence-corrected chi connectivity index (χ3v) is 5.71. The number of carbonyl (C=O) groups is 2. The molecular formula is C22H28N4O4. The quantitative estimate of drug-likeness (QED) is 0.742. The third-order valence-electron chi connectivity index (χ3n) is 5.71. The number of amides is 2. The second-order valence-corrected chi connectivity index (χ2v) is 7.85. The molecule has 2 saturated heterocycles. The van der Waals surface area contributed by atoms with Crippen LogP contribution in [0, 0.1) is 12.8 Å². The van der Waals surface area contributed by atoms with Gasteiger partial charge in [0.2, 0.25) is 11.8 Å². The van der Waals surface area contributed by atoms with E-state index in [1.54, 1.807) is 11.1 Å². The van der Waals surface area contributed by atoms with Crippen LogP contribution in [0.25, 0.3) is 0 Å². The average molecular weight is 412 g/mol. The normalized spacial score (nSPS) is 21.0. The molecule has 2 aliphatic heterocycles. The Balaban J connectivity index is 1.35. The summed E-state index contributed by atoms with van der Waals surface area (Å²) in [5, 5.41) is 3.06. The molecule has 2 unspecified atom stereocenters. The van der Waals surface area contributed by atoms with Gasteiger partial charge in [-0.1, -0.05) is 6.07 Å². The lowest BCUT2D eigenvalue weighted by molar-refractivity contribution is -0.129. The van der Waals surface area contributed by atoms with Gasteiger partial charge in [0.05, 0.1) is 37.4 Å². The van der Waals surface area contributed by atoms with Crippen molar-refractivity contribution >= 4 is 11.8 Å². The van der Waals surface area contributed by atoms with E-state index in [2.05, 4.69) is 15.2 Å². The number of furan rings is 1. The summed E-state index contributed by atoms with van der Waals surface area (Å²) in [4.78, 5) is 33.5. The van der Waals surface area contributed by atoms with Crippen molar-refractivity contribution in [2.24, 2.45) is 5.92 Å². The van der Waals surface area contributed by atoms with Crippen LogP contribution >= 0.6 is 0 Å². The molecule has 0 radical (unpaired) electrons. The van der Waals surface area contributed by atoms with Gasteiger partial charge in [-0.25, -0.2) is 0 Å². The van der Waals surface area contributed by atoms with E-state index in [0.717, 1.165) is 30.3 Å². The highest BCUT2D eigenvalue weighted by Gasteiger charge is 2.35.